The van der Waals surface area contributed by atoms with E-state index in [4.69, 9.17) is 23.2 Å². The number of fused-ring (bicyclic) bond motifs is 1. The number of hydrogen-bond donors (Lipinski definition) is 1. The maximum absolute atomic E-state index is 13.0. The number of nitrogens with one attached hydrogen (secondary N) is 1. The van der Waals surface area contributed by atoms with E-state index < -0.39 is 0 Å². The minimum atomic E-state index is -0.253. The second-order valence-corrected chi connectivity index (χ2v) is 7.19. The van der Waals surface area contributed by atoms with Gasteiger partial charge in [-0.3, -0.25) is 4.79 Å². The molecule has 0 spiro atoms. The number of carbonyl (C=O) groups excluding carboxylic acids is 1. The summed E-state index contributed by atoms with van der Waals surface area (Å²) in [5.74, 6) is 0.240. The summed E-state index contributed by atoms with van der Waals surface area (Å²) in [7, 11) is 0. The number of benzene rings is 2. The number of rotatable bonds is 3. The third-order valence-corrected chi connectivity index (χ3v) is 5.07. The van der Waals surface area contributed by atoms with Gasteiger partial charge in [-0.25, -0.2) is 9.97 Å². The number of para-hydroxylation sites is 1. The van der Waals surface area contributed by atoms with Gasteiger partial charge in [-0.05, 0) is 42.8 Å². The standard InChI is InChI=1S/C22H15Cl2N3O/c1-13-6-9-21(25-12-13)27-22(28)16-11-20(14-7-8-17(23)18(24)10-14)26-19-5-3-2-4-15(16)19/h2-12H,1H3,(H,25,27,28). The van der Waals surface area contributed by atoms with Crippen LogP contribution in [0.4, 0.5) is 5.82 Å². The number of hydrogen-bond acceptors (Lipinski definition) is 3. The van der Waals surface area contributed by atoms with E-state index in [2.05, 4.69) is 15.3 Å². The highest BCUT2D eigenvalue weighted by Crippen LogP contribution is 2.30. The second-order valence-electron chi connectivity index (χ2n) is 6.38. The Balaban J connectivity index is 1.80. The first kappa shape index (κ1) is 18.4. The van der Waals surface area contributed by atoms with E-state index in [0.717, 1.165) is 16.5 Å². The van der Waals surface area contributed by atoms with Crippen LogP contribution < -0.4 is 5.32 Å². The van der Waals surface area contributed by atoms with Gasteiger partial charge >= 0.3 is 0 Å². The van der Waals surface area contributed by atoms with Crippen molar-refractivity contribution in [2.75, 3.05) is 5.32 Å². The van der Waals surface area contributed by atoms with E-state index >= 15 is 0 Å². The lowest BCUT2D eigenvalue weighted by molar-refractivity contribution is 0.102. The molecule has 28 heavy (non-hydrogen) atoms. The first-order chi connectivity index (χ1) is 13.5. The molecule has 1 N–H and O–H groups in total. The molecule has 0 aliphatic carbocycles. The van der Waals surface area contributed by atoms with Gasteiger partial charge in [0, 0.05) is 17.1 Å². The molecule has 0 aliphatic rings. The third kappa shape index (κ3) is 3.70. The molecule has 0 fully saturated rings. The number of halogens is 2. The molecular weight excluding hydrogens is 393 g/mol. The molecule has 0 unspecified atom stereocenters. The topological polar surface area (TPSA) is 54.9 Å². The lowest BCUT2D eigenvalue weighted by Gasteiger charge is -2.11. The summed E-state index contributed by atoms with van der Waals surface area (Å²) in [4.78, 5) is 21.9. The van der Waals surface area contributed by atoms with Gasteiger partial charge in [-0.2, -0.15) is 0 Å². The number of nitrogens with zero attached hydrogens (tertiary/aromatic N) is 2. The quantitative estimate of drug-likeness (QED) is 0.442. The zero-order valence-corrected chi connectivity index (χ0v) is 16.4. The monoisotopic (exact) mass is 407 g/mol. The van der Waals surface area contributed by atoms with Crippen molar-refractivity contribution in [1.29, 1.82) is 0 Å². The zero-order valence-electron chi connectivity index (χ0n) is 14.9. The van der Waals surface area contributed by atoms with E-state index in [1.807, 2.05) is 43.3 Å². The van der Waals surface area contributed by atoms with Crippen molar-refractivity contribution >= 4 is 45.8 Å². The molecule has 0 radical (unpaired) electrons. The van der Waals surface area contributed by atoms with Gasteiger partial charge in [0.15, 0.2) is 0 Å². The van der Waals surface area contributed by atoms with Gasteiger partial charge < -0.3 is 5.32 Å². The zero-order chi connectivity index (χ0) is 19.7. The van der Waals surface area contributed by atoms with Crippen LogP contribution in [0, 0.1) is 6.92 Å². The van der Waals surface area contributed by atoms with Crippen LogP contribution in [-0.4, -0.2) is 15.9 Å². The van der Waals surface area contributed by atoms with Gasteiger partial charge in [0.05, 0.1) is 26.8 Å². The molecule has 1 amide bonds. The average molecular weight is 408 g/mol. The summed E-state index contributed by atoms with van der Waals surface area (Å²) in [6.07, 6.45) is 1.71. The van der Waals surface area contributed by atoms with E-state index in [0.29, 0.717) is 32.6 Å². The van der Waals surface area contributed by atoms with Crippen molar-refractivity contribution in [3.05, 3.63) is 88.0 Å². The minimum absolute atomic E-state index is 0.253. The van der Waals surface area contributed by atoms with Crippen molar-refractivity contribution in [2.45, 2.75) is 6.92 Å². The first-order valence-corrected chi connectivity index (χ1v) is 9.36. The summed E-state index contributed by atoms with van der Waals surface area (Å²) in [6, 6.07) is 18.2. The Morgan fingerprint density at radius 2 is 1.79 bits per heavy atom. The number of pyridine rings is 2. The van der Waals surface area contributed by atoms with Crippen LogP contribution in [-0.2, 0) is 0 Å². The predicted molar refractivity (Wildman–Crippen MR) is 114 cm³/mol. The number of amides is 1. The molecule has 0 atom stereocenters. The molecule has 138 valence electrons. The van der Waals surface area contributed by atoms with Crippen LogP contribution in [0.25, 0.3) is 22.2 Å². The van der Waals surface area contributed by atoms with Crippen molar-refractivity contribution in [3.8, 4) is 11.3 Å². The van der Waals surface area contributed by atoms with Crippen LogP contribution in [0.1, 0.15) is 15.9 Å². The lowest BCUT2D eigenvalue weighted by atomic mass is 10.0. The molecule has 2 heterocycles. The van der Waals surface area contributed by atoms with Gasteiger partial charge in [0.1, 0.15) is 5.82 Å². The number of anilines is 1. The highest BCUT2D eigenvalue weighted by Gasteiger charge is 2.15. The van der Waals surface area contributed by atoms with Gasteiger partial charge in [0.25, 0.3) is 5.91 Å². The van der Waals surface area contributed by atoms with Crippen molar-refractivity contribution < 1.29 is 4.79 Å². The Morgan fingerprint density at radius 3 is 2.54 bits per heavy atom. The van der Waals surface area contributed by atoms with Crippen molar-refractivity contribution in [3.63, 3.8) is 0 Å². The van der Waals surface area contributed by atoms with Crippen LogP contribution in [0.3, 0.4) is 0 Å². The molecule has 0 bridgehead atoms. The SMILES string of the molecule is Cc1ccc(NC(=O)c2cc(-c3ccc(Cl)c(Cl)c3)nc3ccccc23)nc1. The fourth-order valence-electron chi connectivity index (χ4n) is 2.89. The summed E-state index contributed by atoms with van der Waals surface area (Å²) in [5, 5.41) is 4.51. The average Bonchev–Trinajstić information content (AvgIpc) is 2.71. The third-order valence-electron chi connectivity index (χ3n) is 4.33. The molecule has 4 rings (SSSR count). The Kier molecular flexibility index (Phi) is 4.99. The van der Waals surface area contributed by atoms with Crippen molar-refractivity contribution in [2.24, 2.45) is 0 Å². The number of carbonyl (C=O) groups is 1. The Labute approximate surface area is 172 Å². The van der Waals surface area contributed by atoms with Crippen LogP contribution >= 0.6 is 23.2 Å². The van der Waals surface area contributed by atoms with Gasteiger partial charge in [0.2, 0.25) is 0 Å². The molecule has 4 aromatic rings. The van der Waals surface area contributed by atoms with Gasteiger partial charge in [-0.1, -0.05) is 53.5 Å². The number of aromatic nitrogens is 2. The number of aryl methyl sites for hydroxylation is 1. The Morgan fingerprint density at radius 1 is 0.964 bits per heavy atom. The van der Waals surface area contributed by atoms with E-state index in [1.54, 1.807) is 30.5 Å². The fraction of sp³-hybridized carbons (Fsp3) is 0.0455. The molecule has 0 saturated heterocycles. The van der Waals surface area contributed by atoms with Crippen LogP contribution in [0.5, 0.6) is 0 Å². The molecule has 2 aromatic heterocycles. The van der Waals surface area contributed by atoms with E-state index in [-0.39, 0.29) is 5.91 Å². The largest absolute Gasteiger partial charge is 0.307 e. The summed E-state index contributed by atoms with van der Waals surface area (Å²) >= 11 is 12.2. The normalized spacial score (nSPS) is 10.8. The minimum Gasteiger partial charge on any atom is -0.307 e. The van der Waals surface area contributed by atoms with Crippen molar-refractivity contribution in [1.82, 2.24) is 9.97 Å². The molecule has 0 saturated carbocycles. The molecule has 0 aliphatic heterocycles. The van der Waals surface area contributed by atoms with E-state index in [9.17, 15) is 4.79 Å². The fourth-order valence-corrected chi connectivity index (χ4v) is 3.19. The summed E-state index contributed by atoms with van der Waals surface area (Å²) < 4.78 is 0. The Bertz CT molecular complexity index is 1190. The molecular formula is C22H15Cl2N3O. The highest BCUT2D eigenvalue weighted by molar-refractivity contribution is 6.42. The van der Waals surface area contributed by atoms with Crippen LogP contribution in [0.15, 0.2) is 66.9 Å². The van der Waals surface area contributed by atoms with E-state index in [1.165, 1.54) is 0 Å². The molecule has 4 nitrogen and oxygen atoms in total. The Hall–Kier alpha value is -2.95. The van der Waals surface area contributed by atoms with Gasteiger partial charge in [-0.15, -0.1) is 0 Å². The lowest BCUT2D eigenvalue weighted by Crippen LogP contribution is -2.14. The first-order valence-electron chi connectivity index (χ1n) is 8.60. The predicted octanol–water partition coefficient (Wildman–Crippen LogP) is 6.16. The smallest absolute Gasteiger partial charge is 0.257 e. The van der Waals surface area contributed by atoms with Crippen LogP contribution in [0.2, 0.25) is 10.0 Å². The maximum Gasteiger partial charge on any atom is 0.257 e. The highest BCUT2D eigenvalue weighted by atomic mass is 35.5. The maximum atomic E-state index is 13.0. The second kappa shape index (κ2) is 7.58. The summed E-state index contributed by atoms with van der Waals surface area (Å²) in [6.45, 7) is 1.94. The molecule has 6 heteroatoms. The summed E-state index contributed by atoms with van der Waals surface area (Å²) in [5.41, 5.74) is 3.67. The molecule has 2 aromatic carbocycles.